The van der Waals surface area contributed by atoms with Gasteiger partial charge >= 0.3 is 6.18 Å². The van der Waals surface area contributed by atoms with Crippen LogP contribution in [0.3, 0.4) is 0 Å². The number of benzene rings is 1. The van der Waals surface area contributed by atoms with E-state index in [2.05, 4.69) is 5.16 Å². The van der Waals surface area contributed by atoms with E-state index < -0.39 is 23.9 Å². The molecule has 3 rings (SSSR count). The Kier molecular flexibility index (Phi) is 3.92. The monoisotopic (exact) mass is 312 g/mol. The lowest BCUT2D eigenvalue weighted by molar-refractivity contribution is -0.138. The van der Waals surface area contributed by atoms with Gasteiger partial charge in [0, 0.05) is 25.2 Å². The molecule has 2 heterocycles. The molecule has 2 aromatic rings. The lowest BCUT2D eigenvalue weighted by Crippen LogP contribution is -2.26. The molecule has 1 aromatic carbocycles. The SMILES string of the molecule is O[C@H]1C[C@H](c2ccccc2C(F)(F)F)N(Cc2ccon2)C1. The van der Waals surface area contributed by atoms with Crippen LogP contribution in [-0.4, -0.2) is 27.8 Å². The number of hydrogen-bond donors (Lipinski definition) is 1. The van der Waals surface area contributed by atoms with E-state index in [1.807, 2.05) is 0 Å². The summed E-state index contributed by atoms with van der Waals surface area (Å²) in [7, 11) is 0. The molecule has 118 valence electrons. The van der Waals surface area contributed by atoms with Crippen LogP contribution in [0, 0.1) is 0 Å². The van der Waals surface area contributed by atoms with E-state index in [0.717, 1.165) is 6.07 Å². The van der Waals surface area contributed by atoms with Gasteiger partial charge in [-0.25, -0.2) is 0 Å². The molecule has 0 bridgehead atoms. The molecule has 4 nitrogen and oxygen atoms in total. The average molecular weight is 312 g/mol. The van der Waals surface area contributed by atoms with E-state index in [1.54, 1.807) is 17.0 Å². The van der Waals surface area contributed by atoms with E-state index >= 15 is 0 Å². The minimum absolute atomic E-state index is 0.190. The number of rotatable bonds is 3. The summed E-state index contributed by atoms with van der Waals surface area (Å²) in [6, 6.07) is 6.68. The third-order valence-electron chi connectivity index (χ3n) is 3.86. The van der Waals surface area contributed by atoms with Gasteiger partial charge in [-0.05, 0) is 18.1 Å². The van der Waals surface area contributed by atoms with E-state index in [4.69, 9.17) is 4.52 Å². The van der Waals surface area contributed by atoms with Crippen LogP contribution in [-0.2, 0) is 12.7 Å². The van der Waals surface area contributed by atoms with Gasteiger partial charge in [-0.15, -0.1) is 0 Å². The van der Waals surface area contributed by atoms with Crippen LogP contribution in [0.2, 0.25) is 0 Å². The fourth-order valence-electron chi connectivity index (χ4n) is 2.95. The zero-order chi connectivity index (χ0) is 15.7. The Morgan fingerprint density at radius 2 is 2.05 bits per heavy atom. The smallest absolute Gasteiger partial charge is 0.392 e. The zero-order valence-electron chi connectivity index (χ0n) is 11.6. The molecule has 1 aliphatic heterocycles. The Hall–Kier alpha value is -1.86. The maximum absolute atomic E-state index is 13.2. The standard InChI is InChI=1S/C15H15F3N2O2/c16-15(17,18)13-4-2-1-3-12(13)14-7-11(21)9-20(14)8-10-5-6-22-19-10/h1-6,11,14,21H,7-9H2/t11-,14+/m0/s1. The normalized spacial score (nSPS) is 23.1. The highest BCUT2D eigenvalue weighted by atomic mass is 19.4. The number of aliphatic hydroxyl groups is 1. The summed E-state index contributed by atoms with van der Waals surface area (Å²) in [6.45, 7) is 0.647. The maximum atomic E-state index is 13.2. The molecule has 22 heavy (non-hydrogen) atoms. The van der Waals surface area contributed by atoms with Crippen molar-refractivity contribution >= 4 is 0 Å². The predicted molar refractivity (Wildman–Crippen MR) is 71.7 cm³/mol. The highest BCUT2D eigenvalue weighted by Crippen LogP contribution is 2.40. The second-order valence-electron chi connectivity index (χ2n) is 5.41. The van der Waals surface area contributed by atoms with Crippen LogP contribution in [0.5, 0.6) is 0 Å². The van der Waals surface area contributed by atoms with Crippen molar-refractivity contribution in [2.24, 2.45) is 0 Å². The first-order valence-electron chi connectivity index (χ1n) is 6.92. The molecule has 1 aliphatic rings. The Morgan fingerprint density at radius 1 is 1.27 bits per heavy atom. The van der Waals surface area contributed by atoms with Crippen molar-refractivity contribution in [2.75, 3.05) is 6.54 Å². The Labute approximate surface area is 125 Å². The van der Waals surface area contributed by atoms with Gasteiger partial charge in [0.15, 0.2) is 0 Å². The summed E-state index contributed by atoms with van der Waals surface area (Å²) < 4.78 is 44.3. The van der Waals surface area contributed by atoms with Gasteiger partial charge in [0.2, 0.25) is 0 Å². The number of aromatic nitrogens is 1. The first-order chi connectivity index (χ1) is 10.4. The number of halogens is 3. The molecule has 1 saturated heterocycles. The third kappa shape index (κ3) is 3.00. The summed E-state index contributed by atoms with van der Waals surface area (Å²) in [6.07, 6.45) is -3.38. The van der Waals surface area contributed by atoms with Gasteiger partial charge in [-0.3, -0.25) is 4.90 Å². The highest BCUT2D eigenvalue weighted by Gasteiger charge is 2.39. The van der Waals surface area contributed by atoms with Crippen molar-refractivity contribution in [3.8, 4) is 0 Å². The van der Waals surface area contributed by atoms with E-state index in [1.165, 1.54) is 18.4 Å². The van der Waals surface area contributed by atoms with Crippen molar-refractivity contribution in [2.45, 2.75) is 31.3 Å². The second kappa shape index (κ2) is 5.73. The minimum Gasteiger partial charge on any atom is -0.392 e. The first-order valence-corrected chi connectivity index (χ1v) is 6.92. The Morgan fingerprint density at radius 3 is 2.73 bits per heavy atom. The van der Waals surface area contributed by atoms with Crippen LogP contribution < -0.4 is 0 Å². The van der Waals surface area contributed by atoms with Crippen LogP contribution >= 0.6 is 0 Å². The Bertz CT molecular complexity index is 628. The molecule has 7 heteroatoms. The van der Waals surface area contributed by atoms with Gasteiger partial charge in [0.25, 0.3) is 0 Å². The predicted octanol–water partition coefficient (Wildman–Crippen LogP) is 3.00. The van der Waals surface area contributed by atoms with Crippen molar-refractivity contribution in [1.82, 2.24) is 10.1 Å². The van der Waals surface area contributed by atoms with Crippen LogP contribution in [0.25, 0.3) is 0 Å². The summed E-state index contributed by atoms with van der Waals surface area (Å²) in [5.41, 5.74) is 0.165. The molecule has 1 fully saturated rings. The second-order valence-corrected chi connectivity index (χ2v) is 5.41. The lowest BCUT2D eigenvalue weighted by atomic mass is 9.97. The molecule has 2 atom stereocenters. The number of β-amino-alcohol motifs (C(OH)–C–C–N with tert-alkyl or cyclic N) is 1. The largest absolute Gasteiger partial charge is 0.416 e. The summed E-state index contributed by atoms with van der Waals surface area (Å²) in [5.74, 6) is 0. The first kappa shape index (κ1) is 15.1. The van der Waals surface area contributed by atoms with E-state index in [-0.39, 0.29) is 12.0 Å². The number of hydrogen-bond acceptors (Lipinski definition) is 4. The average Bonchev–Trinajstić information content (AvgIpc) is 3.08. The van der Waals surface area contributed by atoms with Crippen LogP contribution in [0.1, 0.15) is 29.3 Å². The zero-order valence-corrected chi connectivity index (χ0v) is 11.6. The molecule has 0 amide bonds. The molecule has 0 aliphatic carbocycles. The molecule has 0 unspecified atom stereocenters. The van der Waals surface area contributed by atoms with Gasteiger partial charge in [-0.2, -0.15) is 13.2 Å². The van der Waals surface area contributed by atoms with Gasteiger partial charge in [0.05, 0.1) is 17.4 Å². The summed E-state index contributed by atoms with van der Waals surface area (Å²) >= 11 is 0. The quantitative estimate of drug-likeness (QED) is 0.946. The fourth-order valence-corrected chi connectivity index (χ4v) is 2.95. The van der Waals surface area contributed by atoms with Crippen LogP contribution in [0.4, 0.5) is 13.2 Å². The molecule has 0 spiro atoms. The van der Waals surface area contributed by atoms with Crippen molar-refractivity contribution in [3.05, 3.63) is 53.4 Å². The highest BCUT2D eigenvalue weighted by molar-refractivity contribution is 5.33. The van der Waals surface area contributed by atoms with E-state index in [9.17, 15) is 18.3 Å². The lowest BCUT2D eigenvalue weighted by Gasteiger charge is -2.26. The van der Waals surface area contributed by atoms with Gasteiger partial charge in [-0.1, -0.05) is 23.4 Å². The molecule has 1 aromatic heterocycles. The number of aliphatic hydroxyl groups excluding tert-OH is 1. The molecular formula is C15H15F3N2O2. The van der Waals surface area contributed by atoms with Crippen molar-refractivity contribution < 1.29 is 22.8 Å². The van der Waals surface area contributed by atoms with E-state index in [0.29, 0.717) is 18.8 Å². The Balaban J connectivity index is 1.92. The number of likely N-dealkylation sites (tertiary alicyclic amines) is 1. The minimum atomic E-state index is -4.41. The number of nitrogens with zero attached hydrogens (tertiary/aromatic N) is 2. The third-order valence-corrected chi connectivity index (χ3v) is 3.86. The molecular weight excluding hydrogens is 297 g/mol. The van der Waals surface area contributed by atoms with Crippen LogP contribution in [0.15, 0.2) is 41.1 Å². The molecule has 0 saturated carbocycles. The maximum Gasteiger partial charge on any atom is 0.416 e. The fraction of sp³-hybridized carbons (Fsp3) is 0.400. The summed E-state index contributed by atoms with van der Waals surface area (Å²) in [4.78, 5) is 1.80. The number of alkyl halides is 3. The summed E-state index contributed by atoms with van der Waals surface area (Å²) in [5, 5.41) is 13.7. The van der Waals surface area contributed by atoms with Gasteiger partial charge < -0.3 is 9.63 Å². The molecule has 0 radical (unpaired) electrons. The van der Waals surface area contributed by atoms with Crippen molar-refractivity contribution in [1.29, 1.82) is 0 Å². The topological polar surface area (TPSA) is 49.5 Å². The van der Waals surface area contributed by atoms with Gasteiger partial charge in [0.1, 0.15) is 6.26 Å². The van der Waals surface area contributed by atoms with Crippen molar-refractivity contribution in [3.63, 3.8) is 0 Å². The molecule has 1 N–H and O–H groups in total.